The average molecular weight is 373 g/mol. The highest BCUT2D eigenvalue weighted by Crippen LogP contribution is 2.41. The Morgan fingerprint density at radius 1 is 1.19 bits per heavy atom. The fourth-order valence-corrected chi connectivity index (χ4v) is 4.36. The summed E-state index contributed by atoms with van der Waals surface area (Å²) < 4.78 is 0. The zero-order valence-electron chi connectivity index (χ0n) is 16.2. The van der Waals surface area contributed by atoms with Gasteiger partial charge in [0, 0.05) is 12.6 Å². The van der Waals surface area contributed by atoms with Crippen molar-refractivity contribution in [2.45, 2.75) is 50.1 Å². The van der Waals surface area contributed by atoms with Crippen LogP contribution in [0.1, 0.15) is 44.1 Å². The molecule has 1 unspecified atom stereocenters. The van der Waals surface area contributed by atoms with Crippen LogP contribution in [0.4, 0.5) is 0 Å². The third-order valence-corrected chi connectivity index (χ3v) is 6.08. The van der Waals surface area contributed by atoms with E-state index in [1.807, 2.05) is 30.1 Å². The minimum atomic E-state index is -0.787. The number of carboxylic acid groups (broad SMARTS) is 1. The number of hydrogen-bond acceptors (Lipinski definition) is 4. The molecule has 2 fully saturated rings. The third-order valence-electron chi connectivity index (χ3n) is 6.08. The van der Waals surface area contributed by atoms with Gasteiger partial charge in [-0.2, -0.15) is 0 Å². The molecule has 1 aromatic rings. The summed E-state index contributed by atoms with van der Waals surface area (Å²) in [6.45, 7) is 2.22. The number of hydrogen-bond donors (Lipinski definition) is 2. The van der Waals surface area contributed by atoms with E-state index < -0.39 is 5.97 Å². The van der Waals surface area contributed by atoms with Crippen molar-refractivity contribution in [3.05, 3.63) is 35.9 Å². The predicted octanol–water partition coefficient (Wildman–Crippen LogP) is 2.05. The zero-order valence-corrected chi connectivity index (χ0v) is 16.2. The molecule has 1 heterocycles. The average Bonchev–Trinajstić information content (AvgIpc) is 2.84. The van der Waals surface area contributed by atoms with E-state index in [0.717, 1.165) is 51.6 Å². The second-order valence-electron chi connectivity index (χ2n) is 8.02. The topological polar surface area (TPSA) is 72.9 Å². The molecule has 1 saturated carbocycles. The molecule has 0 bridgehead atoms. The molecular formula is C21H31N3O3. The normalized spacial score (nSPS) is 22.7. The maximum Gasteiger partial charge on any atom is 0.317 e. The van der Waals surface area contributed by atoms with Gasteiger partial charge in [-0.25, -0.2) is 0 Å². The van der Waals surface area contributed by atoms with Crippen LogP contribution in [0.15, 0.2) is 30.3 Å². The van der Waals surface area contributed by atoms with Gasteiger partial charge in [-0.3, -0.25) is 19.4 Å². The van der Waals surface area contributed by atoms with Gasteiger partial charge in [-0.05, 0) is 57.7 Å². The van der Waals surface area contributed by atoms with E-state index in [-0.39, 0.29) is 24.0 Å². The molecule has 2 N–H and O–H groups in total. The SMILES string of the molecule is CN(CC(=O)O)C1CCCN(CC(=O)NC2(c3ccccc3)CCC2)CC1. The Labute approximate surface area is 161 Å². The molecule has 0 radical (unpaired) electrons. The molecule has 1 aromatic carbocycles. The van der Waals surface area contributed by atoms with E-state index in [2.05, 4.69) is 22.3 Å². The van der Waals surface area contributed by atoms with Crippen molar-refractivity contribution in [2.24, 2.45) is 0 Å². The largest absolute Gasteiger partial charge is 0.480 e. The summed E-state index contributed by atoms with van der Waals surface area (Å²) in [4.78, 5) is 27.8. The maximum atomic E-state index is 12.7. The fourth-order valence-electron chi connectivity index (χ4n) is 4.36. The second kappa shape index (κ2) is 8.85. The first-order valence-corrected chi connectivity index (χ1v) is 9.99. The molecule has 3 rings (SSSR count). The number of carbonyl (C=O) groups is 2. The first-order valence-electron chi connectivity index (χ1n) is 9.99. The molecule has 6 heteroatoms. The van der Waals surface area contributed by atoms with Crippen LogP contribution in [0.2, 0.25) is 0 Å². The summed E-state index contributed by atoms with van der Waals surface area (Å²) in [5, 5.41) is 12.3. The molecule has 6 nitrogen and oxygen atoms in total. The Kier molecular flexibility index (Phi) is 6.50. The van der Waals surface area contributed by atoms with Gasteiger partial charge in [0.05, 0.1) is 18.6 Å². The number of carbonyl (C=O) groups excluding carboxylic acids is 1. The van der Waals surface area contributed by atoms with Crippen LogP contribution < -0.4 is 5.32 Å². The van der Waals surface area contributed by atoms with Gasteiger partial charge in [0.15, 0.2) is 0 Å². The lowest BCUT2D eigenvalue weighted by Gasteiger charge is -2.43. The van der Waals surface area contributed by atoms with E-state index in [9.17, 15) is 9.59 Å². The van der Waals surface area contributed by atoms with Crippen LogP contribution in [-0.4, -0.2) is 66.1 Å². The highest BCUT2D eigenvalue weighted by molar-refractivity contribution is 5.79. The molecule has 1 saturated heterocycles. The molecule has 2 aliphatic rings. The smallest absolute Gasteiger partial charge is 0.317 e. The molecule has 0 aromatic heterocycles. The van der Waals surface area contributed by atoms with Crippen molar-refractivity contribution < 1.29 is 14.7 Å². The van der Waals surface area contributed by atoms with E-state index in [1.54, 1.807) is 0 Å². The fraction of sp³-hybridized carbons (Fsp3) is 0.619. The summed E-state index contributed by atoms with van der Waals surface area (Å²) in [6, 6.07) is 10.6. The van der Waals surface area contributed by atoms with Crippen LogP contribution in [0.3, 0.4) is 0 Å². The molecule has 1 aliphatic carbocycles. The number of rotatable bonds is 7. The number of amides is 1. The van der Waals surface area contributed by atoms with E-state index in [0.29, 0.717) is 6.54 Å². The number of benzene rings is 1. The molecule has 0 spiro atoms. The first-order chi connectivity index (χ1) is 13.0. The molecule has 27 heavy (non-hydrogen) atoms. The predicted molar refractivity (Wildman–Crippen MR) is 104 cm³/mol. The molecule has 148 valence electrons. The summed E-state index contributed by atoms with van der Waals surface area (Å²) in [7, 11) is 1.88. The van der Waals surface area contributed by atoms with Gasteiger partial charge >= 0.3 is 5.97 Å². The van der Waals surface area contributed by atoms with E-state index in [4.69, 9.17) is 5.11 Å². The Hall–Kier alpha value is -1.92. The minimum Gasteiger partial charge on any atom is -0.480 e. The van der Waals surface area contributed by atoms with Crippen LogP contribution in [0.5, 0.6) is 0 Å². The number of nitrogens with one attached hydrogen (secondary N) is 1. The molecule has 1 amide bonds. The van der Waals surface area contributed by atoms with Crippen LogP contribution in [0, 0.1) is 0 Å². The molecule has 1 atom stereocenters. The summed E-state index contributed by atoms with van der Waals surface area (Å²) in [6.07, 6.45) is 6.04. The summed E-state index contributed by atoms with van der Waals surface area (Å²) in [5.41, 5.74) is 1.02. The monoisotopic (exact) mass is 373 g/mol. The summed E-state index contributed by atoms with van der Waals surface area (Å²) in [5.74, 6) is -0.694. The highest BCUT2D eigenvalue weighted by Gasteiger charge is 2.40. The van der Waals surface area contributed by atoms with Crippen molar-refractivity contribution in [2.75, 3.05) is 33.2 Å². The molecular weight excluding hydrogens is 342 g/mol. The van der Waals surface area contributed by atoms with Crippen LogP contribution in [-0.2, 0) is 15.1 Å². The van der Waals surface area contributed by atoms with Gasteiger partial charge in [-0.1, -0.05) is 30.3 Å². The quantitative estimate of drug-likeness (QED) is 0.765. The maximum absolute atomic E-state index is 12.7. The summed E-state index contributed by atoms with van der Waals surface area (Å²) >= 11 is 0. The van der Waals surface area contributed by atoms with Gasteiger partial charge in [0.25, 0.3) is 0 Å². The minimum absolute atomic E-state index is 0.0742. The van der Waals surface area contributed by atoms with E-state index >= 15 is 0 Å². The van der Waals surface area contributed by atoms with Gasteiger partial charge in [-0.15, -0.1) is 0 Å². The van der Waals surface area contributed by atoms with E-state index in [1.165, 1.54) is 5.56 Å². The Bertz CT molecular complexity index is 645. The van der Waals surface area contributed by atoms with Crippen molar-refractivity contribution in [1.82, 2.24) is 15.1 Å². The van der Waals surface area contributed by atoms with Crippen LogP contribution >= 0.6 is 0 Å². The number of likely N-dealkylation sites (N-methyl/N-ethyl adjacent to an activating group) is 1. The lowest BCUT2D eigenvalue weighted by atomic mass is 9.72. The lowest BCUT2D eigenvalue weighted by molar-refractivity contribution is -0.138. The standard InChI is InChI=1S/C21H31N3O3/c1-23(16-20(26)27)18-9-5-13-24(14-10-18)15-19(25)22-21(11-6-12-21)17-7-3-2-4-8-17/h2-4,7-8,18H,5-6,9-16H2,1H3,(H,22,25)(H,26,27). The van der Waals surface area contributed by atoms with Gasteiger partial charge in [0.1, 0.15) is 0 Å². The number of nitrogens with zero attached hydrogens (tertiary/aromatic N) is 2. The van der Waals surface area contributed by atoms with Crippen LogP contribution in [0.25, 0.3) is 0 Å². The Morgan fingerprint density at radius 3 is 2.56 bits per heavy atom. The van der Waals surface area contributed by atoms with Crippen molar-refractivity contribution in [1.29, 1.82) is 0 Å². The number of likely N-dealkylation sites (tertiary alicyclic amines) is 1. The first kappa shape index (κ1) is 19.8. The zero-order chi connectivity index (χ0) is 19.3. The van der Waals surface area contributed by atoms with Gasteiger partial charge in [0.2, 0.25) is 5.91 Å². The number of carboxylic acids is 1. The number of aliphatic carboxylic acids is 1. The van der Waals surface area contributed by atoms with Gasteiger partial charge < -0.3 is 10.4 Å². The van der Waals surface area contributed by atoms with Crippen molar-refractivity contribution >= 4 is 11.9 Å². The molecule has 1 aliphatic heterocycles. The lowest BCUT2D eigenvalue weighted by Crippen LogP contribution is -2.53. The third kappa shape index (κ3) is 5.08. The second-order valence-corrected chi connectivity index (χ2v) is 8.02. The Morgan fingerprint density at radius 2 is 1.93 bits per heavy atom. The van der Waals surface area contributed by atoms with Crippen molar-refractivity contribution in [3.8, 4) is 0 Å². The van der Waals surface area contributed by atoms with Crippen molar-refractivity contribution in [3.63, 3.8) is 0 Å². The highest BCUT2D eigenvalue weighted by atomic mass is 16.4. The Balaban J connectivity index is 1.52.